The van der Waals surface area contributed by atoms with E-state index in [1.165, 1.54) is 11.6 Å². The predicted molar refractivity (Wildman–Crippen MR) is 61.4 cm³/mol. The van der Waals surface area contributed by atoms with Crippen molar-refractivity contribution in [2.24, 2.45) is 0 Å². The Morgan fingerprint density at radius 3 is 2.65 bits per heavy atom. The monoisotopic (exact) mass is 237 g/mol. The van der Waals surface area contributed by atoms with Gasteiger partial charge in [-0.1, -0.05) is 6.58 Å². The third-order valence-corrected chi connectivity index (χ3v) is 1.98. The van der Waals surface area contributed by atoms with E-state index < -0.39 is 12.0 Å². The van der Waals surface area contributed by atoms with E-state index in [-0.39, 0.29) is 12.3 Å². The van der Waals surface area contributed by atoms with Crippen molar-refractivity contribution >= 4 is 12.0 Å². The van der Waals surface area contributed by atoms with Gasteiger partial charge in [-0.05, 0) is 26.8 Å². The van der Waals surface area contributed by atoms with E-state index in [2.05, 4.69) is 17.0 Å². The number of esters is 1. The summed E-state index contributed by atoms with van der Waals surface area (Å²) in [5.74, 6) is -0.543. The molecule has 1 N–H and O–H groups in total. The van der Waals surface area contributed by atoms with Crippen molar-refractivity contribution in [2.75, 3.05) is 6.73 Å². The van der Waals surface area contributed by atoms with E-state index in [4.69, 9.17) is 4.74 Å². The summed E-state index contributed by atoms with van der Waals surface area (Å²) in [7, 11) is 0. The van der Waals surface area contributed by atoms with Crippen molar-refractivity contribution in [1.29, 1.82) is 0 Å². The molecule has 0 aliphatic heterocycles. The molecule has 0 radical (unpaired) electrons. The number of rotatable bonds is 3. The number of nitrogens with one attached hydrogen (secondary N) is 1. The maximum Gasteiger partial charge on any atom is 0.344 e. The lowest BCUT2D eigenvalue weighted by molar-refractivity contribution is -0.139. The van der Waals surface area contributed by atoms with Crippen LogP contribution in [0.3, 0.4) is 0 Å². The van der Waals surface area contributed by atoms with Crippen LogP contribution < -0.4 is 5.32 Å². The number of aromatic nitrogens is 2. The number of nitrogens with zero attached hydrogens (tertiary/aromatic N) is 2. The Hall–Kier alpha value is -2.11. The molecule has 1 rings (SSSR count). The summed E-state index contributed by atoms with van der Waals surface area (Å²) in [5.41, 5.74) is 1.74. The second-order valence-electron chi connectivity index (χ2n) is 3.68. The summed E-state index contributed by atoms with van der Waals surface area (Å²) < 4.78 is 5.94. The Kier molecular flexibility index (Phi) is 4.03. The normalized spacial score (nSPS) is 9.82. The lowest BCUT2D eigenvalue weighted by Gasteiger charge is -2.07. The standard InChI is InChI=1S/C11H15N3O3/c1-7(2)10(15)17-6-12-11(16)14-9(4)5-8(3)13-14/h5H,1,6H2,2-4H3,(H,12,16). The number of amides is 1. The van der Waals surface area contributed by atoms with Gasteiger partial charge in [0.2, 0.25) is 0 Å². The average molecular weight is 237 g/mol. The van der Waals surface area contributed by atoms with Gasteiger partial charge in [0.1, 0.15) is 0 Å². The van der Waals surface area contributed by atoms with Crippen molar-refractivity contribution in [3.63, 3.8) is 0 Å². The zero-order chi connectivity index (χ0) is 13.0. The molecule has 0 aliphatic rings. The van der Waals surface area contributed by atoms with E-state index in [1.807, 2.05) is 0 Å². The zero-order valence-corrected chi connectivity index (χ0v) is 10.1. The minimum atomic E-state index is -0.543. The Morgan fingerprint density at radius 1 is 1.53 bits per heavy atom. The molecule has 6 nitrogen and oxygen atoms in total. The molecular formula is C11H15N3O3. The number of hydrogen-bond donors (Lipinski definition) is 1. The highest BCUT2D eigenvalue weighted by Gasteiger charge is 2.10. The predicted octanol–water partition coefficient (Wildman–Crippen LogP) is 1.13. The van der Waals surface area contributed by atoms with Gasteiger partial charge in [0, 0.05) is 11.3 Å². The maximum atomic E-state index is 11.6. The Labute approximate surface area is 99.3 Å². The Morgan fingerprint density at radius 2 is 2.18 bits per heavy atom. The molecule has 0 unspecified atom stereocenters. The summed E-state index contributed by atoms with van der Waals surface area (Å²) in [6.07, 6.45) is 0. The average Bonchev–Trinajstić information content (AvgIpc) is 2.57. The molecule has 0 aliphatic carbocycles. The van der Waals surface area contributed by atoms with Crippen LogP contribution in [0.4, 0.5) is 4.79 Å². The fraction of sp³-hybridized carbons (Fsp3) is 0.364. The summed E-state index contributed by atoms with van der Waals surface area (Å²) in [6.45, 7) is 8.30. The number of carbonyl (C=O) groups is 2. The van der Waals surface area contributed by atoms with Crippen LogP contribution >= 0.6 is 0 Å². The van der Waals surface area contributed by atoms with Gasteiger partial charge in [-0.2, -0.15) is 9.78 Å². The fourth-order valence-electron chi connectivity index (χ4n) is 1.20. The second-order valence-corrected chi connectivity index (χ2v) is 3.68. The van der Waals surface area contributed by atoms with Crippen LogP contribution in [-0.2, 0) is 9.53 Å². The summed E-state index contributed by atoms with van der Waals surface area (Å²) in [6, 6.07) is 1.34. The maximum absolute atomic E-state index is 11.6. The largest absolute Gasteiger partial charge is 0.441 e. The lowest BCUT2D eigenvalue weighted by Crippen LogP contribution is -2.33. The van der Waals surface area contributed by atoms with Crippen LogP contribution in [0, 0.1) is 13.8 Å². The minimum Gasteiger partial charge on any atom is -0.441 e. The first-order chi connectivity index (χ1) is 7.91. The first-order valence-corrected chi connectivity index (χ1v) is 5.06. The quantitative estimate of drug-likeness (QED) is 0.486. The number of carbonyl (C=O) groups excluding carboxylic acids is 2. The molecule has 0 spiro atoms. The summed E-state index contributed by atoms with van der Waals surface area (Å²) >= 11 is 0. The van der Waals surface area contributed by atoms with Gasteiger partial charge in [0.15, 0.2) is 6.73 Å². The van der Waals surface area contributed by atoms with Crippen LogP contribution in [0.1, 0.15) is 18.3 Å². The molecule has 0 saturated heterocycles. The molecule has 1 aromatic heterocycles. The molecule has 0 aromatic carbocycles. The first-order valence-electron chi connectivity index (χ1n) is 5.06. The van der Waals surface area contributed by atoms with Gasteiger partial charge < -0.3 is 10.1 Å². The molecule has 0 fully saturated rings. The molecule has 1 heterocycles. The van der Waals surface area contributed by atoms with Gasteiger partial charge in [0.05, 0.1) is 5.69 Å². The van der Waals surface area contributed by atoms with E-state index in [9.17, 15) is 9.59 Å². The van der Waals surface area contributed by atoms with Gasteiger partial charge in [-0.25, -0.2) is 9.59 Å². The zero-order valence-electron chi connectivity index (χ0n) is 10.1. The molecule has 17 heavy (non-hydrogen) atoms. The summed E-state index contributed by atoms with van der Waals surface area (Å²) in [4.78, 5) is 22.6. The fourth-order valence-corrected chi connectivity index (χ4v) is 1.20. The van der Waals surface area contributed by atoms with Crippen molar-refractivity contribution in [3.8, 4) is 0 Å². The SMILES string of the molecule is C=C(C)C(=O)OCNC(=O)n1nc(C)cc1C. The highest BCUT2D eigenvalue weighted by atomic mass is 16.5. The van der Waals surface area contributed by atoms with Gasteiger partial charge in [-0.15, -0.1) is 0 Å². The van der Waals surface area contributed by atoms with Crippen LogP contribution in [0.5, 0.6) is 0 Å². The highest BCUT2D eigenvalue weighted by Crippen LogP contribution is 2.00. The van der Waals surface area contributed by atoms with Gasteiger partial charge >= 0.3 is 12.0 Å². The highest BCUT2D eigenvalue weighted by molar-refractivity contribution is 5.87. The smallest absolute Gasteiger partial charge is 0.344 e. The Balaban J connectivity index is 2.48. The molecule has 0 saturated carbocycles. The van der Waals surface area contributed by atoms with Crippen LogP contribution in [0.15, 0.2) is 18.2 Å². The van der Waals surface area contributed by atoms with Crippen molar-refractivity contribution in [2.45, 2.75) is 20.8 Å². The van der Waals surface area contributed by atoms with Crippen LogP contribution in [0.25, 0.3) is 0 Å². The molecule has 1 aromatic rings. The topological polar surface area (TPSA) is 73.2 Å². The molecule has 0 atom stereocenters. The van der Waals surface area contributed by atoms with Gasteiger partial charge in [0.25, 0.3) is 0 Å². The third kappa shape index (κ3) is 3.44. The molecular weight excluding hydrogens is 222 g/mol. The van der Waals surface area contributed by atoms with Gasteiger partial charge in [-0.3, -0.25) is 0 Å². The first kappa shape index (κ1) is 13.0. The van der Waals surface area contributed by atoms with E-state index in [0.29, 0.717) is 5.69 Å². The summed E-state index contributed by atoms with van der Waals surface area (Å²) in [5, 5.41) is 6.41. The number of hydrogen-bond acceptors (Lipinski definition) is 4. The molecule has 92 valence electrons. The van der Waals surface area contributed by atoms with Crippen molar-refractivity contribution in [1.82, 2.24) is 15.1 Å². The number of ether oxygens (including phenoxy) is 1. The third-order valence-electron chi connectivity index (χ3n) is 1.98. The second kappa shape index (κ2) is 5.29. The van der Waals surface area contributed by atoms with E-state index in [0.717, 1.165) is 5.69 Å². The van der Waals surface area contributed by atoms with Crippen molar-refractivity contribution < 1.29 is 14.3 Å². The van der Waals surface area contributed by atoms with E-state index in [1.54, 1.807) is 19.9 Å². The van der Waals surface area contributed by atoms with Crippen molar-refractivity contribution in [3.05, 3.63) is 29.6 Å². The van der Waals surface area contributed by atoms with Crippen LogP contribution in [0.2, 0.25) is 0 Å². The molecule has 1 amide bonds. The molecule has 6 heteroatoms. The Bertz CT molecular complexity index is 463. The number of aryl methyl sites for hydroxylation is 2. The minimum absolute atomic E-state index is 0.205. The van der Waals surface area contributed by atoms with E-state index >= 15 is 0 Å². The molecule has 0 bridgehead atoms. The van der Waals surface area contributed by atoms with Crippen LogP contribution in [-0.4, -0.2) is 28.5 Å². The lowest BCUT2D eigenvalue weighted by atomic mass is 10.4.